The SMILES string of the molecule is O=C([O-])C1(C(F)(F)F)CC2C=CC1C2.[Na+]. The molecule has 2 rings (SSSR count). The van der Waals surface area contributed by atoms with Gasteiger partial charge in [-0.1, -0.05) is 12.2 Å². The number of allylic oxidation sites excluding steroid dienone is 2. The number of carbonyl (C=O) groups excluding carboxylic acids is 1. The Labute approximate surface area is 107 Å². The quantitative estimate of drug-likeness (QED) is 0.380. The summed E-state index contributed by atoms with van der Waals surface area (Å²) in [6.07, 6.45) is -1.77. The van der Waals surface area contributed by atoms with Gasteiger partial charge >= 0.3 is 35.7 Å². The maximum absolute atomic E-state index is 12.7. The van der Waals surface area contributed by atoms with Crippen LogP contribution in [0, 0.1) is 17.3 Å². The van der Waals surface area contributed by atoms with Gasteiger partial charge in [-0.25, -0.2) is 0 Å². The van der Waals surface area contributed by atoms with Crippen LogP contribution in [0.15, 0.2) is 12.2 Å². The molecular weight excluding hydrogens is 220 g/mol. The third-order valence-electron chi connectivity index (χ3n) is 3.26. The third kappa shape index (κ3) is 1.65. The van der Waals surface area contributed by atoms with Crippen molar-refractivity contribution < 1.29 is 52.6 Å². The van der Waals surface area contributed by atoms with E-state index in [-0.39, 0.29) is 48.3 Å². The number of hydrogen-bond donors (Lipinski definition) is 0. The number of rotatable bonds is 1. The van der Waals surface area contributed by atoms with Crippen LogP contribution < -0.4 is 34.7 Å². The maximum Gasteiger partial charge on any atom is 1.00 e. The molecule has 0 saturated heterocycles. The van der Waals surface area contributed by atoms with Gasteiger partial charge in [0.05, 0.1) is 5.97 Å². The van der Waals surface area contributed by atoms with Crippen molar-refractivity contribution in [3.05, 3.63) is 12.2 Å². The van der Waals surface area contributed by atoms with Crippen LogP contribution in [0.2, 0.25) is 0 Å². The fourth-order valence-corrected chi connectivity index (χ4v) is 2.53. The largest absolute Gasteiger partial charge is 1.00 e. The first kappa shape index (κ1) is 13.1. The minimum atomic E-state index is -4.71. The molecule has 2 nitrogen and oxygen atoms in total. The van der Waals surface area contributed by atoms with Crippen molar-refractivity contribution in [2.24, 2.45) is 17.3 Å². The van der Waals surface area contributed by atoms with Gasteiger partial charge < -0.3 is 9.90 Å². The summed E-state index contributed by atoms with van der Waals surface area (Å²) in [6.45, 7) is 0. The Kier molecular flexibility index (Phi) is 3.30. The van der Waals surface area contributed by atoms with Crippen LogP contribution >= 0.6 is 0 Å². The van der Waals surface area contributed by atoms with Gasteiger partial charge in [-0.05, 0) is 24.7 Å². The van der Waals surface area contributed by atoms with Crippen molar-refractivity contribution in [2.45, 2.75) is 19.0 Å². The molecule has 3 unspecified atom stereocenters. The number of aliphatic carboxylic acids is 1. The summed E-state index contributed by atoms with van der Waals surface area (Å²) in [5, 5.41) is 10.7. The van der Waals surface area contributed by atoms with Crippen molar-refractivity contribution in [3.8, 4) is 0 Å². The third-order valence-corrected chi connectivity index (χ3v) is 3.26. The molecule has 0 radical (unpaired) electrons. The minimum absolute atomic E-state index is 0. The van der Waals surface area contributed by atoms with Crippen LogP contribution in [0.25, 0.3) is 0 Å². The monoisotopic (exact) mass is 228 g/mol. The van der Waals surface area contributed by atoms with Gasteiger partial charge in [-0.2, -0.15) is 13.2 Å². The molecule has 0 amide bonds. The van der Waals surface area contributed by atoms with E-state index in [0.29, 0.717) is 0 Å². The Balaban J connectivity index is 0.00000112. The molecule has 0 N–H and O–H groups in total. The van der Waals surface area contributed by atoms with E-state index in [1.165, 1.54) is 6.08 Å². The Morgan fingerprint density at radius 1 is 1.40 bits per heavy atom. The Bertz CT molecular complexity index is 313. The second kappa shape index (κ2) is 3.79. The van der Waals surface area contributed by atoms with Crippen molar-refractivity contribution in [3.63, 3.8) is 0 Å². The molecule has 0 aromatic rings. The molecule has 2 bridgehead atoms. The van der Waals surface area contributed by atoms with Crippen molar-refractivity contribution in [1.82, 2.24) is 0 Å². The Morgan fingerprint density at radius 3 is 2.20 bits per heavy atom. The minimum Gasteiger partial charge on any atom is -0.549 e. The average molecular weight is 228 g/mol. The summed E-state index contributed by atoms with van der Waals surface area (Å²) in [4.78, 5) is 10.7. The second-order valence-corrected chi connectivity index (χ2v) is 3.95. The van der Waals surface area contributed by atoms with E-state index in [0.717, 1.165) is 0 Å². The van der Waals surface area contributed by atoms with E-state index in [1.54, 1.807) is 6.08 Å². The van der Waals surface area contributed by atoms with Crippen molar-refractivity contribution >= 4 is 5.97 Å². The number of hydrogen-bond acceptors (Lipinski definition) is 2. The molecule has 0 spiro atoms. The Hall–Kier alpha value is -0.000000000000000222. The average Bonchev–Trinajstić information content (AvgIpc) is 2.59. The molecule has 2 aliphatic rings. The van der Waals surface area contributed by atoms with Gasteiger partial charge in [0.1, 0.15) is 5.41 Å². The topological polar surface area (TPSA) is 40.1 Å². The number of carboxylic acids is 1. The molecule has 1 saturated carbocycles. The molecule has 3 atom stereocenters. The number of fused-ring (bicyclic) bond motifs is 2. The summed E-state index contributed by atoms with van der Waals surface area (Å²) in [7, 11) is 0. The summed E-state index contributed by atoms with van der Waals surface area (Å²) in [6, 6.07) is 0. The van der Waals surface area contributed by atoms with Gasteiger partial charge in [0.2, 0.25) is 0 Å². The molecule has 2 aliphatic carbocycles. The van der Waals surface area contributed by atoms with Gasteiger partial charge in [-0.15, -0.1) is 0 Å². The summed E-state index contributed by atoms with van der Waals surface area (Å²) < 4.78 is 38.0. The first-order valence-corrected chi connectivity index (χ1v) is 4.34. The van der Waals surface area contributed by atoms with Crippen LogP contribution in [0.1, 0.15) is 12.8 Å². The first-order valence-electron chi connectivity index (χ1n) is 4.34. The predicted octanol–water partition coefficient (Wildman–Crippen LogP) is -2.11. The van der Waals surface area contributed by atoms with E-state index < -0.39 is 23.5 Å². The van der Waals surface area contributed by atoms with Gasteiger partial charge in [-0.3, -0.25) is 0 Å². The fourth-order valence-electron chi connectivity index (χ4n) is 2.53. The molecule has 0 aromatic carbocycles. The first-order chi connectivity index (χ1) is 6.38. The maximum atomic E-state index is 12.7. The molecule has 6 heteroatoms. The van der Waals surface area contributed by atoms with E-state index in [4.69, 9.17) is 0 Å². The molecule has 78 valence electrons. The Morgan fingerprint density at radius 2 is 2.00 bits per heavy atom. The van der Waals surface area contributed by atoms with Crippen LogP contribution in [-0.4, -0.2) is 12.1 Å². The molecule has 15 heavy (non-hydrogen) atoms. The normalized spacial score (nSPS) is 37.8. The van der Waals surface area contributed by atoms with Gasteiger partial charge in [0, 0.05) is 0 Å². The molecular formula is C9H8F3NaO2. The smallest absolute Gasteiger partial charge is 0.549 e. The zero-order valence-corrected chi connectivity index (χ0v) is 10.2. The van der Waals surface area contributed by atoms with Gasteiger partial charge in [0.25, 0.3) is 0 Å². The van der Waals surface area contributed by atoms with Crippen LogP contribution in [0.5, 0.6) is 0 Å². The molecule has 0 heterocycles. The number of halogens is 3. The van der Waals surface area contributed by atoms with Crippen molar-refractivity contribution in [1.29, 1.82) is 0 Å². The van der Waals surface area contributed by atoms with Crippen LogP contribution in [0.4, 0.5) is 13.2 Å². The molecule has 0 aliphatic heterocycles. The zero-order chi connectivity index (χ0) is 10.6. The van der Waals surface area contributed by atoms with Gasteiger partial charge in [0.15, 0.2) is 0 Å². The van der Waals surface area contributed by atoms with E-state index in [2.05, 4.69) is 0 Å². The number of carboxylic acid groups (broad SMARTS) is 1. The van der Waals surface area contributed by atoms with Crippen LogP contribution in [0.3, 0.4) is 0 Å². The van der Waals surface area contributed by atoms with E-state index in [1.807, 2.05) is 0 Å². The zero-order valence-electron chi connectivity index (χ0n) is 8.17. The predicted molar refractivity (Wildman–Crippen MR) is 38.8 cm³/mol. The summed E-state index contributed by atoms with van der Waals surface area (Å²) >= 11 is 0. The molecule has 1 fully saturated rings. The number of alkyl halides is 3. The summed E-state index contributed by atoms with van der Waals surface area (Å²) in [5.41, 5.74) is -2.63. The summed E-state index contributed by atoms with van der Waals surface area (Å²) in [5.74, 6) is -3.17. The molecule has 0 aromatic heterocycles. The second-order valence-electron chi connectivity index (χ2n) is 3.95. The van der Waals surface area contributed by atoms with E-state index in [9.17, 15) is 23.1 Å². The number of carbonyl (C=O) groups is 1. The standard InChI is InChI=1S/C9H9F3O2.Na/c10-9(11,12)8(7(13)14)4-5-1-2-6(8)3-5;/h1-2,5-6H,3-4H2,(H,13,14);/q;+1/p-1. The fraction of sp³-hybridized carbons (Fsp3) is 0.667. The van der Waals surface area contributed by atoms with Crippen LogP contribution in [-0.2, 0) is 4.79 Å². The van der Waals surface area contributed by atoms with Crippen molar-refractivity contribution in [2.75, 3.05) is 0 Å². The van der Waals surface area contributed by atoms with E-state index >= 15 is 0 Å².